The molecule has 0 aliphatic carbocycles. The summed E-state index contributed by atoms with van der Waals surface area (Å²) in [4.78, 5) is 25.6. The van der Waals surface area contributed by atoms with Crippen molar-refractivity contribution >= 4 is 11.9 Å². The Morgan fingerprint density at radius 3 is 1.01 bits per heavy atom. The van der Waals surface area contributed by atoms with Crippen molar-refractivity contribution in [3.8, 4) is 0 Å². The highest BCUT2D eigenvalue weighted by Crippen LogP contribution is 2.16. The van der Waals surface area contributed by atoms with Crippen LogP contribution in [0, 0.1) is 0 Å². The number of esters is 2. The minimum atomic E-state index is -0.554. The standard InChI is InChI=1S/C67H120O5/c1-4-7-10-13-16-19-22-25-28-31-33-35-38-41-44-47-50-53-56-59-62-70-63-65(72-67(69)61-58-55-52-49-46-43-40-36-30-27-24-21-18-15-12-9-6-3)64-71-66(68)60-57-54-51-48-45-42-39-37-34-32-29-26-23-20-17-14-11-8-5-2/h9,12,18,21,25-30,40,43,65H,4-8,10-11,13-17,19-20,22-24,31-39,41-42,44-64H2,1-3H3/b12-9-,21-18-,28-25-,29-26-,30-27-,43-40-. The molecule has 0 rings (SSSR count). The van der Waals surface area contributed by atoms with Crippen molar-refractivity contribution in [2.75, 3.05) is 19.8 Å². The van der Waals surface area contributed by atoms with Gasteiger partial charge in [-0.3, -0.25) is 9.59 Å². The lowest BCUT2D eigenvalue weighted by molar-refractivity contribution is -0.163. The number of carbonyl (C=O) groups excluding carboxylic acids is 2. The van der Waals surface area contributed by atoms with Gasteiger partial charge in [0.05, 0.1) is 6.61 Å². The van der Waals surface area contributed by atoms with Crippen molar-refractivity contribution in [2.45, 2.75) is 322 Å². The second-order valence-corrected chi connectivity index (χ2v) is 20.9. The van der Waals surface area contributed by atoms with Crippen LogP contribution in [0.5, 0.6) is 0 Å². The van der Waals surface area contributed by atoms with Crippen molar-refractivity contribution in [3.05, 3.63) is 72.9 Å². The third-order valence-corrected chi connectivity index (χ3v) is 13.7. The zero-order valence-corrected chi connectivity index (χ0v) is 48.2. The quantitative estimate of drug-likeness (QED) is 0.0345. The highest BCUT2D eigenvalue weighted by Gasteiger charge is 2.17. The molecule has 0 saturated carbocycles. The molecular weight excluding hydrogens is 885 g/mol. The van der Waals surface area contributed by atoms with Crippen molar-refractivity contribution < 1.29 is 23.8 Å². The summed E-state index contributed by atoms with van der Waals surface area (Å²) in [5.74, 6) is -0.415. The highest BCUT2D eigenvalue weighted by atomic mass is 16.6. The van der Waals surface area contributed by atoms with Gasteiger partial charge in [-0.05, 0) is 109 Å². The van der Waals surface area contributed by atoms with Crippen LogP contribution in [0.2, 0.25) is 0 Å². The van der Waals surface area contributed by atoms with E-state index >= 15 is 0 Å². The van der Waals surface area contributed by atoms with E-state index in [-0.39, 0.29) is 25.2 Å². The van der Waals surface area contributed by atoms with Crippen molar-refractivity contribution in [1.82, 2.24) is 0 Å². The van der Waals surface area contributed by atoms with Crippen LogP contribution in [-0.4, -0.2) is 37.9 Å². The summed E-state index contributed by atoms with van der Waals surface area (Å²) in [6.07, 6.45) is 82.2. The zero-order valence-electron chi connectivity index (χ0n) is 48.2. The van der Waals surface area contributed by atoms with Crippen LogP contribution in [0.25, 0.3) is 0 Å². The molecule has 72 heavy (non-hydrogen) atoms. The van der Waals surface area contributed by atoms with Gasteiger partial charge < -0.3 is 14.2 Å². The number of hydrogen-bond donors (Lipinski definition) is 0. The summed E-state index contributed by atoms with van der Waals surface area (Å²) in [6, 6.07) is 0. The molecular formula is C67H120O5. The van der Waals surface area contributed by atoms with E-state index in [2.05, 4.69) is 93.7 Å². The molecule has 0 aromatic rings. The van der Waals surface area contributed by atoms with Crippen molar-refractivity contribution in [3.63, 3.8) is 0 Å². The Hall–Kier alpha value is -2.66. The van der Waals surface area contributed by atoms with E-state index in [1.807, 2.05) is 0 Å². The fourth-order valence-corrected chi connectivity index (χ4v) is 9.02. The SMILES string of the molecule is CC/C=C\C/C=C\C/C=C\C/C=C\CCCCCCC(=O)OC(COCCCCCCCCCCCC/C=C\CCCCCCCC)COC(=O)CCCCCCCCCCC/C=C\CCCCCCCC. The third kappa shape index (κ3) is 59.9. The smallest absolute Gasteiger partial charge is 0.306 e. The molecule has 0 heterocycles. The average Bonchev–Trinajstić information content (AvgIpc) is 3.38. The van der Waals surface area contributed by atoms with E-state index in [9.17, 15) is 9.59 Å². The Morgan fingerprint density at radius 1 is 0.319 bits per heavy atom. The first-order valence-corrected chi connectivity index (χ1v) is 31.5. The number of unbranched alkanes of at least 4 members (excludes halogenated alkanes) is 35. The lowest BCUT2D eigenvalue weighted by atomic mass is 10.1. The van der Waals surface area contributed by atoms with E-state index in [1.165, 1.54) is 199 Å². The summed E-state index contributed by atoms with van der Waals surface area (Å²) in [5.41, 5.74) is 0. The molecule has 0 spiro atoms. The Kier molecular flexibility index (Phi) is 60.3. The lowest BCUT2D eigenvalue weighted by Gasteiger charge is -2.18. The molecule has 0 bridgehead atoms. The van der Waals surface area contributed by atoms with Crippen LogP contribution in [0.1, 0.15) is 316 Å². The molecule has 0 N–H and O–H groups in total. The predicted molar refractivity (Wildman–Crippen MR) is 316 cm³/mol. The van der Waals surface area contributed by atoms with Gasteiger partial charge in [-0.25, -0.2) is 0 Å². The van der Waals surface area contributed by atoms with Gasteiger partial charge in [0.2, 0.25) is 0 Å². The maximum atomic E-state index is 12.9. The molecule has 0 saturated heterocycles. The molecule has 0 aliphatic rings. The van der Waals surface area contributed by atoms with E-state index < -0.39 is 6.10 Å². The number of rotatable bonds is 58. The molecule has 0 fully saturated rings. The molecule has 5 heteroatoms. The summed E-state index contributed by atoms with van der Waals surface area (Å²) in [5, 5.41) is 0. The lowest BCUT2D eigenvalue weighted by Crippen LogP contribution is -2.30. The minimum Gasteiger partial charge on any atom is -0.462 e. The first kappa shape index (κ1) is 69.3. The topological polar surface area (TPSA) is 61.8 Å². The fraction of sp³-hybridized carbons (Fsp3) is 0.791. The molecule has 0 amide bonds. The number of ether oxygens (including phenoxy) is 3. The van der Waals surface area contributed by atoms with Crippen LogP contribution < -0.4 is 0 Å². The third-order valence-electron chi connectivity index (χ3n) is 13.7. The molecule has 0 aromatic carbocycles. The molecule has 1 unspecified atom stereocenters. The molecule has 1 atom stereocenters. The second kappa shape index (κ2) is 62.6. The van der Waals surface area contributed by atoms with Gasteiger partial charge in [0.25, 0.3) is 0 Å². The zero-order chi connectivity index (χ0) is 52.0. The summed E-state index contributed by atoms with van der Waals surface area (Å²) in [7, 11) is 0. The Morgan fingerprint density at radius 2 is 0.625 bits per heavy atom. The van der Waals surface area contributed by atoms with Gasteiger partial charge in [-0.1, -0.05) is 267 Å². The minimum absolute atomic E-state index is 0.0737. The van der Waals surface area contributed by atoms with Gasteiger partial charge in [0.15, 0.2) is 6.10 Å². The van der Waals surface area contributed by atoms with E-state index in [0.717, 1.165) is 83.5 Å². The van der Waals surface area contributed by atoms with Gasteiger partial charge in [0, 0.05) is 19.4 Å². The van der Waals surface area contributed by atoms with Crippen LogP contribution in [0.15, 0.2) is 72.9 Å². The second-order valence-electron chi connectivity index (χ2n) is 20.9. The maximum Gasteiger partial charge on any atom is 0.306 e. The normalized spacial score (nSPS) is 12.7. The van der Waals surface area contributed by atoms with Crippen molar-refractivity contribution in [2.24, 2.45) is 0 Å². The Bertz CT molecular complexity index is 1270. The first-order chi connectivity index (χ1) is 35.6. The summed E-state index contributed by atoms with van der Waals surface area (Å²) in [6.45, 7) is 7.72. The number of carbonyl (C=O) groups is 2. The molecule has 0 aromatic heterocycles. The molecule has 0 aliphatic heterocycles. The summed E-state index contributed by atoms with van der Waals surface area (Å²) < 4.78 is 17.5. The molecule has 0 radical (unpaired) electrons. The fourth-order valence-electron chi connectivity index (χ4n) is 9.02. The van der Waals surface area contributed by atoms with Gasteiger partial charge in [0.1, 0.15) is 6.61 Å². The van der Waals surface area contributed by atoms with E-state index in [1.54, 1.807) is 0 Å². The molecule has 5 nitrogen and oxygen atoms in total. The Labute approximate surface area is 448 Å². The first-order valence-electron chi connectivity index (χ1n) is 31.5. The van der Waals surface area contributed by atoms with Gasteiger partial charge in [-0.2, -0.15) is 0 Å². The number of hydrogen-bond acceptors (Lipinski definition) is 5. The van der Waals surface area contributed by atoms with Crippen LogP contribution in [0.3, 0.4) is 0 Å². The van der Waals surface area contributed by atoms with Gasteiger partial charge in [-0.15, -0.1) is 0 Å². The van der Waals surface area contributed by atoms with Crippen LogP contribution in [0.4, 0.5) is 0 Å². The van der Waals surface area contributed by atoms with Gasteiger partial charge >= 0.3 is 11.9 Å². The van der Waals surface area contributed by atoms with E-state index in [0.29, 0.717) is 19.4 Å². The monoisotopic (exact) mass is 1000 g/mol. The Balaban J connectivity index is 4.29. The predicted octanol–water partition coefficient (Wildman–Crippen LogP) is 21.8. The van der Waals surface area contributed by atoms with E-state index in [4.69, 9.17) is 14.2 Å². The summed E-state index contributed by atoms with van der Waals surface area (Å²) >= 11 is 0. The highest BCUT2D eigenvalue weighted by molar-refractivity contribution is 5.70. The van der Waals surface area contributed by atoms with Crippen LogP contribution in [-0.2, 0) is 23.8 Å². The maximum absolute atomic E-state index is 12.9. The van der Waals surface area contributed by atoms with Crippen LogP contribution >= 0.6 is 0 Å². The largest absolute Gasteiger partial charge is 0.462 e. The molecule has 418 valence electrons. The average molecular weight is 1010 g/mol. The van der Waals surface area contributed by atoms with Crippen molar-refractivity contribution in [1.29, 1.82) is 0 Å². The number of allylic oxidation sites excluding steroid dienone is 12.